The van der Waals surface area contributed by atoms with E-state index in [2.05, 4.69) is 4.98 Å². The highest BCUT2D eigenvalue weighted by atomic mass is 16.3. The minimum atomic E-state index is 0.311. The van der Waals surface area contributed by atoms with Crippen molar-refractivity contribution in [2.75, 3.05) is 14.1 Å². The zero-order chi connectivity index (χ0) is 9.14. The Morgan fingerprint density at radius 3 is 2.75 bits per heavy atom. The molecule has 0 saturated carbocycles. The Kier molecular flexibility index (Phi) is 2.65. The van der Waals surface area contributed by atoms with Gasteiger partial charge in [0.05, 0.1) is 5.69 Å². The zero-order valence-electron chi connectivity index (χ0n) is 7.70. The first-order valence-corrected chi connectivity index (χ1v) is 3.89. The second kappa shape index (κ2) is 3.54. The summed E-state index contributed by atoms with van der Waals surface area (Å²) in [5, 5.41) is 9.56. The lowest BCUT2D eigenvalue weighted by molar-refractivity contribution is 0.384. The van der Waals surface area contributed by atoms with E-state index in [4.69, 9.17) is 0 Å². The highest BCUT2D eigenvalue weighted by Crippen LogP contribution is 2.19. The molecule has 1 rings (SSSR count). The number of aryl methyl sites for hydroxylation is 1. The molecule has 0 amide bonds. The first-order chi connectivity index (χ1) is 5.61. The number of aromatic hydroxyl groups is 1. The smallest absolute Gasteiger partial charge is 0.141 e. The van der Waals surface area contributed by atoms with Crippen LogP contribution in [0.1, 0.15) is 11.3 Å². The molecular weight excluding hydrogens is 152 g/mol. The number of nitrogens with zero attached hydrogens (tertiary/aromatic N) is 2. The lowest BCUT2D eigenvalue weighted by Crippen LogP contribution is -2.11. The van der Waals surface area contributed by atoms with Crippen LogP contribution in [0.25, 0.3) is 0 Å². The predicted molar refractivity (Wildman–Crippen MR) is 48.0 cm³/mol. The normalized spacial score (nSPS) is 10.7. The second-order valence-corrected chi connectivity index (χ2v) is 3.14. The van der Waals surface area contributed by atoms with E-state index >= 15 is 0 Å². The molecule has 0 aliphatic heterocycles. The largest absolute Gasteiger partial charge is 0.506 e. The van der Waals surface area contributed by atoms with Gasteiger partial charge in [0.2, 0.25) is 0 Å². The monoisotopic (exact) mass is 166 g/mol. The average molecular weight is 166 g/mol. The third-order valence-electron chi connectivity index (χ3n) is 1.68. The van der Waals surface area contributed by atoms with Crippen LogP contribution in [0.3, 0.4) is 0 Å². The molecule has 12 heavy (non-hydrogen) atoms. The summed E-state index contributed by atoms with van der Waals surface area (Å²) in [7, 11) is 3.93. The van der Waals surface area contributed by atoms with Crippen molar-refractivity contribution in [2.24, 2.45) is 0 Å². The standard InChI is InChI=1S/C9H14N2O/c1-7-9(12)8(4-5-10-7)6-11(2)3/h4-5,12H,6H2,1-3H3. The van der Waals surface area contributed by atoms with Crippen LogP contribution in [0, 0.1) is 6.92 Å². The van der Waals surface area contributed by atoms with Gasteiger partial charge in [0.15, 0.2) is 0 Å². The Balaban J connectivity index is 2.92. The topological polar surface area (TPSA) is 36.4 Å². The Morgan fingerprint density at radius 1 is 1.50 bits per heavy atom. The van der Waals surface area contributed by atoms with Gasteiger partial charge < -0.3 is 10.0 Å². The molecular formula is C9H14N2O. The van der Waals surface area contributed by atoms with Crippen LogP contribution in [-0.4, -0.2) is 29.1 Å². The van der Waals surface area contributed by atoms with Crippen molar-refractivity contribution in [2.45, 2.75) is 13.5 Å². The summed E-state index contributed by atoms with van der Waals surface area (Å²) < 4.78 is 0. The van der Waals surface area contributed by atoms with Crippen molar-refractivity contribution in [1.29, 1.82) is 0 Å². The summed E-state index contributed by atoms with van der Waals surface area (Å²) in [4.78, 5) is 5.99. The molecule has 1 aromatic rings. The maximum absolute atomic E-state index is 9.56. The van der Waals surface area contributed by atoms with Crippen molar-refractivity contribution in [3.05, 3.63) is 23.5 Å². The van der Waals surface area contributed by atoms with Gasteiger partial charge in [-0.3, -0.25) is 4.98 Å². The number of rotatable bonds is 2. The van der Waals surface area contributed by atoms with Gasteiger partial charge in [-0.1, -0.05) is 0 Å². The van der Waals surface area contributed by atoms with Crippen LogP contribution < -0.4 is 0 Å². The van der Waals surface area contributed by atoms with Crippen molar-refractivity contribution in [1.82, 2.24) is 9.88 Å². The van der Waals surface area contributed by atoms with E-state index in [9.17, 15) is 5.11 Å². The van der Waals surface area contributed by atoms with Crippen molar-refractivity contribution >= 4 is 0 Å². The highest BCUT2D eigenvalue weighted by Gasteiger charge is 2.04. The zero-order valence-corrected chi connectivity index (χ0v) is 7.70. The van der Waals surface area contributed by atoms with Gasteiger partial charge in [0, 0.05) is 18.3 Å². The SMILES string of the molecule is Cc1nccc(CN(C)C)c1O. The maximum Gasteiger partial charge on any atom is 0.141 e. The van der Waals surface area contributed by atoms with E-state index in [1.54, 1.807) is 13.1 Å². The third-order valence-corrected chi connectivity index (χ3v) is 1.68. The second-order valence-electron chi connectivity index (χ2n) is 3.14. The van der Waals surface area contributed by atoms with Crippen molar-refractivity contribution < 1.29 is 5.11 Å². The summed E-state index contributed by atoms with van der Waals surface area (Å²) >= 11 is 0. The van der Waals surface area contributed by atoms with Gasteiger partial charge in [-0.2, -0.15) is 0 Å². The van der Waals surface area contributed by atoms with E-state index in [0.717, 1.165) is 12.1 Å². The number of hydrogen-bond donors (Lipinski definition) is 1. The van der Waals surface area contributed by atoms with Gasteiger partial charge in [-0.15, -0.1) is 0 Å². The predicted octanol–water partition coefficient (Wildman–Crippen LogP) is 1.16. The summed E-state index contributed by atoms with van der Waals surface area (Å²) in [6, 6.07) is 1.84. The molecule has 3 heteroatoms. The Morgan fingerprint density at radius 2 is 2.17 bits per heavy atom. The fraction of sp³-hybridized carbons (Fsp3) is 0.444. The molecule has 0 saturated heterocycles. The van der Waals surface area contributed by atoms with Gasteiger partial charge in [-0.25, -0.2) is 0 Å². The fourth-order valence-corrected chi connectivity index (χ4v) is 1.08. The Hall–Kier alpha value is -1.09. The van der Waals surface area contributed by atoms with Crippen LogP contribution >= 0.6 is 0 Å². The molecule has 3 nitrogen and oxygen atoms in total. The van der Waals surface area contributed by atoms with Crippen molar-refractivity contribution in [3.8, 4) is 5.75 Å². The van der Waals surface area contributed by atoms with E-state index in [0.29, 0.717) is 11.4 Å². The van der Waals surface area contributed by atoms with E-state index in [1.165, 1.54) is 0 Å². The van der Waals surface area contributed by atoms with Crippen molar-refractivity contribution in [3.63, 3.8) is 0 Å². The molecule has 0 atom stereocenters. The Labute approximate surface area is 72.7 Å². The number of aromatic nitrogens is 1. The third kappa shape index (κ3) is 1.95. The molecule has 0 radical (unpaired) electrons. The quantitative estimate of drug-likeness (QED) is 0.716. The molecule has 0 fully saturated rings. The molecule has 1 N–H and O–H groups in total. The summed E-state index contributed by atoms with van der Waals surface area (Å²) in [5.41, 5.74) is 1.61. The molecule has 0 aromatic carbocycles. The summed E-state index contributed by atoms with van der Waals surface area (Å²) in [6.45, 7) is 2.55. The maximum atomic E-state index is 9.56. The summed E-state index contributed by atoms with van der Waals surface area (Å²) in [6.07, 6.45) is 1.72. The highest BCUT2D eigenvalue weighted by molar-refractivity contribution is 5.34. The first kappa shape index (κ1) is 9.00. The first-order valence-electron chi connectivity index (χ1n) is 3.89. The fourth-order valence-electron chi connectivity index (χ4n) is 1.08. The van der Waals surface area contributed by atoms with Gasteiger partial charge >= 0.3 is 0 Å². The molecule has 0 aliphatic carbocycles. The van der Waals surface area contributed by atoms with E-state index in [1.807, 2.05) is 25.1 Å². The van der Waals surface area contributed by atoms with Crippen LogP contribution in [0.2, 0.25) is 0 Å². The molecule has 0 spiro atoms. The van der Waals surface area contributed by atoms with Crippen LogP contribution in [-0.2, 0) is 6.54 Å². The van der Waals surface area contributed by atoms with Gasteiger partial charge in [0.1, 0.15) is 5.75 Å². The molecule has 1 aromatic heterocycles. The van der Waals surface area contributed by atoms with Crippen LogP contribution in [0.15, 0.2) is 12.3 Å². The lowest BCUT2D eigenvalue weighted by atomic mass is 10.2. The van der Waals surface area contributed by atoms with Crippen LogP contribution in [0.5, 0.6) is 5.75 Å². The van der Waals surface area contributed by atoms with Crippen LogP contribution in [0.4, 0.5) is 0 Å². The molecule has 66 valence electrons. The average Bonchev–Trinajstić information content (AvgIpc) is 1.98. The molecule has 1 heterocycles. The number of hydrogen-bond acceptors (Lipinski definition) is 3. The molecule has 0 bridgehead atoms. The van der Waals surface area contributed by atoms with E-state index < -0.39 is 0 Å². The Bertz CT molecular complexity index is 271. The summed E-state index contributed by atoms with van der Waals surface area (Å²) in [5.74, 6) is 0.311. The molecule has 0 unspecified atom stereocenters. The number of pyridine rings is 1. The van der Waals surface area contributed by atoms with E-state index in [-0.39, 0.29) is 0 Å². The minimum Gasteiger partial charge on any atom is -0.506 e. The minimum absolute atomic E-state index is 0.311. The van der Waals surface area contributed by atoms with Gasteiger partial charge in [-0.05, 0) is 27.1 Å². The molecule has 0 aliphatic rings. The van der Waals surface area contributed by atoms with Gasteiger partial charge in [0.25, 0.3) is 0 Å². The lowest BCUT2D eigenvalue weighted by Gasteiger charge is -2.11.